The molecule has 63 heavy (non-hydrogen) atoms. The predicted octanol–water partition coefficient (Wildman–Crippen LogP) is 15.2. The van der Waals surface area contributed by atoms with Crippen molar-refractivity contribution in [3.8, 4) is 17.3 Å². The Kier molecular flexibility index (Phi) is 11.3. The standard InChI is InChI=1S/C57H57N4O.Pt/c1-54(2,3)39-24-27-49-48(33-39)47-26-25-46(36-52(47)61(49)53-34-40(28-29-58-53)57(10,11)38-18-13-12-14-19-38)62-45-21-17-20-43(35-45)59-37-60(51-23-16-15-22-50(51)59)44-31-41(55(4,5)6)30-42(32-44)56(7,8)9;/h12-34,37H,1-11H3;/q-3;. The molecule has 324 valence electrons. The monoisotopic (exact) mass is 1010 g/mol. The molecule has 0 fully saturated rings. The van der Waals surface area contributed by atoms with Gasteiger partial charge in [-0.15, -0.1) is 48.1 Å². The third kappa shape index (κ3) is 8.33. The van der Waals surface area contributed by atoms with Crippen molar-refractivity contribution in [3.63, 3.8) is 0 Å². The maximum absolute atomic E-state index is 6.69. The van der Waals surface area contributed by atoms with Gasteiger partial charge in [-0.05, 0) is 91.9 Å². The van der Waals surface area contributed by atoms with Crippen LogP contribution in [0.15, 0.2) is 140 Å². The van der Waals surface area contributed by atoms with E-state index in [1.54, 1.807) is 0 Å². The Morgan fingerprint density at radius 1 is 0.508 bits per heavy atom. The summed E-state index contributed by atoms with van der Waals surface area (Å²) in [5.41, 5.74) is 12.3. The van der Waals surface area contributed by atoms with Crippen LogP contribution < -0.4 is 14.5 Å². The van der Waals surface area contributed by atoms with Crippen LogP contribution in [0.4, 0.5) is 22.7 Å². The van der Waals surface area contributed by atoms with Gasteiger partial charge in [-0.1, -0.05) is 142 Å². The molecule has 0 amide bonds. The van der Waals surface area contributed by atoms with Gasteiger partial charge in [-0.3, -0.25) is 0 Å². The van der Waals surface area contributed by atoms with Gasteiger partial charge in [0.05, 0.1) is 0 Å². The summed E-state index contributed by atoms with van der Waals surface area (Å²) in [5.74, 6) is 2.05. The number of hydrogen-bond donors (Lipinski definition) is 0. The van der Waals surface area contributed by atoms with Gasteiger partial charge in [-0.2, -0.15) is 12.1 Å². The first kappa shape index (κ1) is 44.0. The van der Waals surface area contributed by atoms with Crippen LogP contribution in [-0.4, -0.2) is 9.55 Å². The first-order chi connectivity index (χ1) is 29.4. The molecular weight excluding hydrogens is 952 g/mol. The van der Waals surface area contributed by atoms with Gasteiger partial charge in [0.25, 0.3) is 0 Å². The number of benzene rings is 6. The zero-order valence-corrected chi connectivity index (χ0v) is 40.6. The van der Waals surface area contributed by atoms with Crippen LogP contribution in [0.5, 0.6) is 11.5 Å². The maximum Gasteiger partial charge on any atom is 0.135 e. The fourth-order valence-corrected chi connectivity index (χ4v) is 8.52. The number of aromatic nitrogens is 2. The third-order valence-corrected chi connectivity index (χ3v) is 12.5. The summed E-state index contributed by atoms with van der Waals surface area (Å²) in [6, 6.07) is 55.0. The van der Waals surface area contributed by atoms with Crippen LogP contribution in [-0.2, 0) is 42.7 Å². The van der Waals surface area contributed by atoms with Crippen molar-refractivity contribution >= 4 is 44.6 Å². The minimum atomic E-state index is -0.230. The average molecular weight is 1010 g/mol. The Morgan fingerprint density at radius 2 is 1.14 bits per heavy atom. The molecule has 0 N–H and O–H groups in total. The van der Waals surface area contributed by atoms with Gasteiger partial charge in [0.1, 0.15) is 5.82 Å². The summed E-state index contributed by atoms with van der Waals surface area (Å²) < 4.78 is 8.93. The molecule has 6 heteroatoms. The second kappa shape index (κ2) is 16.2. The second-order valence-electron chi connectivity index (χ2n) is 20.4. The maximum atomic E-state index is 6.69. The van der Waals surface area contributed by atoms with Crippen molar-refractivity contribution in [1.82, 2.24) is 9.55 Å². The number of nitrogens with zero attached hydrogens (tertiary/aromatic N) is 4. The van der Waals surface area contributed by atoms with Gasteiger partial charge in [0, 0.05) is 66.8 Å². The normalized spacial score (nSPS) is 13.4. The molecule has 6 aromatic carbocycles. The summed E-state index contributed by atoms with van der Waals surface area (Å²) >= 11 is 0. The molecule has 1 aliphatic heterocycles. The molecule has 0 bridgehead atoms. The summed E-state index contributed by atoms with van der Waals surface area (Å²) in [6.45, 7) is 27.2. The zero-order chi connectivity index (χ0) is 43.8. The Hall–Kier alpha value is -5.64. The number of pyridine rings is 1. The van der Waals surface area contributed by atoms with Crippen molar-refractivity contribution in [1.29, 1.82) is 0 Å². The van der Waals surface area contributed by atoms with E-state index in [4.69, 9.17) is 9.72 Å². The molecule has 8 aromatic rings. The van der Waals surface area contributed by atoms with E-state index in [9.17, 15) is 0 Å². The van der Waals surface area contributed by atoms with Crippen LogP contribution in [0.3, 0.4) is 0 Å². The number of anilines is 4. The molecule has 9 rings (SSSR count). The van der Waals surface area contributed by atoms with E-state index in [1.165, 1.54) is 27.8 Å². The van der Waals surface area contributed by atoms with E-state index in [-0.39, 0.29) is 42.7 Å². The van der Waals surface area contributed by atoms with Crippen molar-refractivity contribution in [3.05, 3.63) is 186 Å². The minimum Gasteiger partial charge on any atom is -0.509 e. The van der Waals surface area contributed by atoms with E-state index in [0.29, 0.717) is 11.5 Å². The Bertz CT molecular complexity index is 2930. The molecule has 0 spiro atoms. The van der Waals surface area contributed by atoms with Crippen molar-refractivity contribution in [2.24, 2.45) is 0 Å². The number of fused-ring (bicyclic) bond motifs is 4. The first-order valence-electron chi connectivity index (χ1n) is 21.8. The van der Waals surface area contributed by atoms with Gasteiger partial charge in [0.15, 0.2) is 0 Å². The van der Waals surface area contributed by atoms with Crippen molar-refractivity contribution in [2.45, 2.75) is 97.8 Å². The van der Waals surface area contributed by atoms with E-state index in [2.05, 4.69) is 225 Å². The molecule has 5 nitrogen and oxygen atoms in total. The van der Waals surface area contributed by atoms with E-state index in [0.717, 1.165) is 50.4 Å². The van der Waals surface area contributed by atoms with E-state index >= 15 is 0 Å². The largest absolute Gasteiger partial charge is 0.509 e. The number of hydrogen-bond acceptors (Lipinski definition) is 4. The predicted molar refractivity (Wildman–Crippen MR) is 259 cm³/mol. The van der Waals surface area contributed by atoms with Gasteiger partial charge in [-0.25, -0.2) is 4.98 Å². The smallest absolute Gasteiger partial charge is 0.135 e. The molecule has 0 aliphatic carbocycles. The summed E-state index contributed by atoms with van der Waals surface area (Å²) in [6.07, 6.45) is 1.93. The number of rotatable bonds is 7. The van der Waals surface area contributed by atoms with Crippen LogP contribution in [0.1, 0.15) is 104 Å². The van der Waals surface area contributed by atoms with Crippen LogP contribution in [0.2, 0.25) is 0 Å². The first-order valence-corrected chi connectivity index (χ1v) is 21.8. The molecule has 0 saturated heterocycles. The van der Waals surface area contributed by atoms with Crippen molar-refractivity contribution < 1.29 is 25.8 Å². The molecule has 0 radical (unpaired) electrons. The van der Waals surface area contributed by atoms with E-state index in [1.807, 2.05) is 24.4 Å². The quantitative estimate of drug-likeness (QED) is 0.149. The second-order valence-corrected chi connectivity index (χ2v) is 20.4. The Morgan fingerprint density at radius 3 is 1.81 bits per heavy atom. The number of ether oxygens (including phenoxy) is 1. The molecule has 0 atom stereocenters. The Balaban J connectivity index is 0.00000544. The molecule has 0 unspecified atom stereocenters. The zero-order valence-electron chi connectivity index (χ0n) is 38.4. The summed E-state index contributed by atoms with van der Waals surface area (Å²) in [7, 11) is 0. The SMILES string of the molecule is CC(C)(C)c1cc(N2[CH-]N(c3[c-]c(Oc4[c-]c5c(cc4)c4cc(C(C)(C)C)ccc4n5-c4cc(C(C)(C)c5ccccc5)ccn4)ccc3)c3ccccc32)cc(C(C)(C)C)c1.[Pt]. The van der Waals surface area contributed by atoms with E-state index < -0.39 is 0 Å². The third-order valence-electron chi connectivity index (χ3n) is 12.5. The summed E-state index contributed by atoms with van der Waals surface area (Å²) in [5, 5.41) is 2.26. The molecular formula is C57H57N4OPt-3. The summed E-state index contributed by atoms with van der Waals surface area (Å²) in [4.78, 5) is 9.50. The number of para-hydroxylation sites is 2. The van der Waals surface area contributed by atoms with Gasteiger partial charge >= 0.3 is 0 Å². The van der Waals surface area contributed by atoms with Gasteiger partial charge < -0.3 is 19.1 Å². The fraction of sp³-hybridized carbons (Fsp3) is 0.263. The molecule has 0 saturated carbocycles. The average Bonchev–Trinajstić information content (AvgIpc) is 3.79. The Labute approximate surface area is 389 Å². The minimum absolute atomic E-state index is 0. The molecule has 2 aromatic heterocycles. The van der Waals surface area contributed by atoms with Crippen LogP contribution in [0.25, 0.3) is 27.6 Å². The van der Waals surface area contributed by atoms with Crippen molar-refractivity contribution in [2.75, 3.05) is 9.80 Å². The topological polar surface area (TPSA) is 33.5 Å². The van der Waals surface area contributed by atoms with Gasteiger partial charge in [0.2, 0.25) is 0 Å². The molecule has 3 heterocycles. The van der Waals surface area contributed by atoms with Crippen LogP contribution in [0, 0.1) is 18.8 Å². The fourth-order valence-electron chi connectivity index (χ4n) is 8.52. The van der Waals surface area contributed by atoms with Crippen LogP contribution >= 0.6 is 0 Å². The molecule has 1 aliphatic rings.